The standard InChI is InChI=1S/C23H15BrN2O3/c1-13-6-5-11-25-22(13)26-19(14-7-4-8-15(24)12-14)18-20(27)16-9-2-3-10-17(16)29-21(18)23(26)28/h2-12,19H,1H3/t19-/m0/s1. The summed E-state index contributed by atoms with van der Waals surface area (Å²) in [6.45, 7) is 1.89. The molecule has 0 unspecified atom stereocenters. The van der Waals surface area contributed by atoms with Crippen LogP contribution in [0, 0.1) is 6.92 Å². The number of aryl methyl sites for hydroxylation is 1. The molecule has 2 aromatic heterocycles. The first-order valence-electron chi connectivity index (χ1n) is 9.12. The maximum Gasteiger partial charge on any atom is 0.296 e. The summed E-state index contributed by atoms with van der Waals surface area (Å²) in [6.07, 6.45) is 1.64. The lowest BCUT2D eigenvalue weighted by atomic mass is 9.98. The molecule has 29 heavy (non-hydrogen) atoms. The number of benzene rings is 2. The van der Waals surface area contributed by atoms with Crippen LogP contribution in [0.4, 0.5) is 5.82 Å². The van der Waals surface area contributed by atoms with Gasteiger partial charge in [0.05, 0.1) is 17.0 Å². The van der Waals surface area contributed by atoms with E-state index in [1.54, 1.807) is 35.4 Å². The number of nitrogens with zero attached hydrogens (tertiary/aromatic N) is 2. The van der Waals surface area contributed by atoms with Gasteiger partial charge in [0.15, 0.2) is 5.43 Å². The van der Waals surface area contributed by atoms with E-state index >= 15 is 0 Å². The van der Waals surface area contributed by atoms with Crippen molar-refractivity contribution in [3.8, 4) is 0 Å². The number of hydrogen-bond acceptors (Lipinski definition) is 4. The Hall–Kier alpha value is -3.25. The van der Waals surface area contributed by atoms with Gasteiger partial charge in [-0.25, -0.2) is 4.98 Å². The molecule has 3 heterocycles. The highest BCUT2D eigenvalue weighted by Crippen LogP contribution is 2.41. The number of carbonyl (C=O) groups is 1. The van der Waals surface area contributed by atoms with E-state index in [4.69, 9.17) is 4.42 Å². The number of fused-ring (bicyclic) bond motifs is 2. The summed E-state index contributed by atoms with van der Waals surface area (Å²) in [7, 11) is 0. The Morgan fingerprint density at radius 3 is 2.66 bits per heavy atom. The molecular weight excluding hydrogens is 432 g/mol. The summed E-state index contributed by atoms with van der Waals surface area (Å²) in [5, 5.41) is 0.457. The van der Waals surface area contributed by atoms with Gasteiger partial charge in [0.2, 0.25) is 5.76 Å². The Morgan fingerprint density at radius 2 is 1.86 bits per heavy atom. The van der Waals surface area contributed by atoms with Crippen molar-refractivity contribution in [3.63, 3.8) is 0 Å². The largest absolute Gasteiger partial charge is 0.450 e. The van der Waals surface area contributed by atoms with Gasteiger partial charge < -0.3 is 4.42 Å². The van der Waals surface area contributed by atoms with Crippen LogP contribution in [-0.4, -0.2) is 10.9 Å². The van der Waals surface area contributed by atoms with Crippen LogP contribution in [0.15, 0.2) is 80.5 Å². The number of anilines is 1. The van der Waals surface area contributed by atoms with Gasteiger partial charge in [-0.2, -0.15) is 0 Å². The molecule has 0 fully saturated rings. The van der Waals surface area contributed by atoms with Crippen molar-refractivity contribution in [1.29, 1.82) is 0 Å². The number of amides is 1. The van der Waals surface area contributed by atoms with Gasteiger partial charge >= 0.3 is 0 Å². The highest BCUT2D eigenvalue weighted by molar-refractivity contribution is 9.10. The molecule has 0 N–H and O–H groups in total. The average Bonchev–Trinajstić information content (AvgIpc) is 3.01. The highest BCUT2D eigenvalue weighted by Gasteiger charge is 2.44. The zero-order chi connectivity index (χ0) is 20.1. The number of halogens is 1. The predicted octanol–water partition coefficient (Wildman–Crippen LogP) is 5.01. The van der Waals surface area contributed by atoms with Crippen molar-refractivity contribution in [2.45, 2.75) is 13.0 Å². The fourth-order valence-electron chi connectivity index (χ4n) is 3.86. The minimum atomic E-state index is -0.621. The molecule has 0 aliphatic carbocycles. The number of aromatic nitrogens is 1. The zero-order valence-corrected chi connectivity index (χ0v) is 17.0. The van der Waals surface area contributed by atoms with Crippen molar-refractivity contribution in [3.05, 3.63) is 104 Å². The summed E-state index contributed by atoms with van der Waals surface area (Å²) in [4.78, 5) is 32.9. The number of rotatable bonds is 2. The molecule has 2 aromatic carbocycles. The zero-order valence-electron chi connectivity index (χ0n) is 15.4. The minimum absolute atomic E-state index is 0.0729. The second-order valence-electron chi connectivity index (χ2n) is 6.95. The first-order chi connectivity index (χ1) is 14.1. The van der Waals surface area contributed by atoms with Gasteiger partial charge in [-0.1, -0.05) is 46.3 Å². The predicted molar refractivity (Wildman–Crippen MR) is 114 cm³/mol. The summed E-state index contributed by atoms with van der Waals surface area (Å²) in [5.41, 5.74) is 2.19. The van der Waals surface area contributed by atoms with Gasteiger partial charge in [-0.15, -0.1) is 0 Å². The van der Waals surface area contributed by atoms with E-state index in [9.17, 15) is 9.59 Å². The third kappa shape index (κ3) is 2.71. The smallest absolute Gasteiger partial charge is 0.296 e. The van der Waals surface area contributed by atoms with E-state index in [1.165, 1.54) is 0 Å². The summed E-state index contributed by atoms with van der Waals surface area (Å²) in [6, 6.07) is 17.7. The maximum atomic E-state index is 13.5. The Morgan fingerprint density at radius 1 is 1.03 bits per heavy atom. The van der Waals surface area contributed by atoms with Crippen molar-refractivity contribution in [1.82, 2.24) is 4.98 Å². The van der Waals surface area contributed by atoms with Crippen molar-refractivity contribution in [2.75, 3.05) is 4.90 Å². The fraction of sp³-hybridized carbons (Fsp3) is 0.0870. The van der Waals surface area contributed by atoms with E-state index < -0.39 is 6.04 Å². The molecule has 1 aliphatic heterocycles. The van der Waals surface area contributed by atoms with E-state index in [0.717, 1.165) is 15.6 Å². The third-order valence-electron chi connectivity index (χ3n) is 5.15. The molecule has 1 amide bonds. The summed E-state index contributed by atoms with van der Waals surface area (Å²) in [5.74, 6) is 0.218. The SMILES string of the molecule is Cc1cccnc1N1C(=O)c2oc3ccccc3c(=O)c2[C@@H]1c1cccc(Br)c1. The number of para-hydroxylation sites is 1. The second-order valence-corrected chi connectivity index (χ2v) is 7.86. The van der Waals surface area contributed by atoms with E-state index in [1.807, 2.05) is 43.3 Å². The normalized spacial score (nSPS) is 15.7. The Bertz CT molecular complexity index is 1350. The van der Waals surface area contributed by atoms with E-state index in [2.05, 4.69) is 20.9 Å². The third-order valence-corrected chi connectivity index (χ3v) is 5.65. The lowest BCUT2D eigenvalue weighted by molar-refractivity contribution is 0.0970. The average molecular weight is 447 g/mol. The number of hydrogen-bond donors (Lipinski definition) is 0. The Labute approximate surface area is 174 Å². The molecule has 0 spiro atoms. The first kappa shape index (κ1) is 17.8. The molecule has 4 aromatic rings. The van der Waals surface area contributed by atoms with Crippen LogP contribution in [0.3, 0.4) is 0 Å². The molecule has 5 rings (SSSR count). The molecular formula is C23H15BrN2O3. The molecule has 0 saturated carbocycles. The monoisotopic (exact) mass is 446 g/mol. The lowest BCUT2D eigenvalue weighted by Crippen LogP contribution is -2.30. The number of carbonyl (C=O) groups excluding carboxylic acids is 1. The van der Waals surface area contributed by atoms with Gasteiger partial charge in [-0.05, 0) is 48.4 Å². The maximum absolute atomic E-state index is 13.5. The molecule has 6 heteroatoms. The van der Waals surface area contributed by atoms with Gasteiger partial charge in [0.1, 0.15) is 11.4 Å². The van der Waals surface area contributed by atoms with Crippen LogP contribution in [0.5, 0.6) is 0 Å². The first-order valence-corrected chi connectivity index (χ1v) is 9.92. The molecule has 1 atom stereocenters. The van der Waals surface area contributed by atoms with Gasteiger partial charge in [0.25, 0.3) is 5.91 Å². The second kappa shape index (κ2) is 6.67. The summed E-state index contributed by atoms with van der Waals surface area (Å²) < 4.78 is 6.80. The minimum Gasteiger partial charge on any atom is -0.450 e. The van der Waals surface area contributed by atoms with E-state index in [0.29, 0.717) is 22.4 Å². The van der Waals surface area contributed by atoms with Crippen molar-refractivity contribution in [2.24, 2.45) is 0 Å². The molecule has 5 nitrogen and oxygen atoms in total. The molecule has 0 bridgehead atoms. The molecule has 1 aliphatic rings. The van der Waals surface area contributed by atoms with Gasteiger partial charge in [0, 0.05) is 10.7 Å². The van der Waals surface area contributed by atoms with Crippen LogP contribution in [0.2, 0.25) is 0 Å². The Balaban J connectivity index is 1.86. The van der Waals surface area contributed by atoms with E-state index in [-0.39, 0.29) is 17.1 Å². The topological polar surface area (TPSA) is 63.4 Å². The van der Waals surface area contributed by atoms with Crippen LogP contribution in [0.1, 0.15) is 33.3 Å². The molecule has 142 valence electrons. The van der Waals surface area contributed by atoms with Crippen LogP contribution in [0.25, 0.3) is 11.0 Å². The molecule has 0 radical (unpaired) electrons. The lowest BCUT2D eigenvalue weighted by Gasteiger charge is -2.25. The van der Waals surface area contributed by atoms with Crippen LogP contribution in [-0.2, 0) is 0 Å². The Kier molecular flexibility index (Phi) is 4.10. The molecule has 0 saturated heterocycles. The summed E-state index contributed by atoms with van der Waals surface area (Å²) >= 11 is 3.49. The van der Waals surface area contributed by atoms with Gasteiger partial charge in [-0.3, -0.25) is 14.5 Å². The van der Waals surface area contributed by atoms with Crippen LogP contribution < -0.4 is 10.3 Å². The van der Waals surface area contributed by atoms with Crippen molar-refractivity contribution < 1.29 is 9.21 Å². The number of pyridine rings is 1. The van der Waals surface area contributed by atoms with Crippen molar-refractivity contribution >= 4 is 38.6 Å². The fourth-order valence-corrected chi connectivity index (χ4v) is 4.28. The highest BCUT2D eigenvalue weighted by atomic mass is 79.9. The quantitative estimate of drug-likeness (QED) is 0.434. The van der Waals surface area contributed by atoms with Crippen LogP contribution >= 0.6 is 15.9 Å².